The molecule has 0 saturated heterocycles. The number of carbonyl (C=O) groups excluding carboxylic acids is 1. The van der Waals surface area contributed by atoms with E-state index in [-0.39, 0.29) is 11.9 Å². The summed E-state index contributed by atoms with van der Waals surface area (Å²) in [6, 6.07) is 7.55. The molecule has 1 atom stereocenters. The van der Waals surface area contributed by atoms with E-state index in [1.807, 2.05) is 43.1 Å². The summed E-state index contributed by atoms with van der Waals surface area (Å²) in [5, 5.41) is 3.69. The van der Waals surface area contributed by atoms with Gasteiger partial charge in [0.05, 0.1) is 6.04 Å². The van der Waals surface area contributed by atoms with E-state index in [9.17, 15) is 4.79 Å². The van der Waals surface area contributed by atoms with E-state index in [1.54, 1.807) is 0 Å². The van der Waals surface area contributed by atoms with Crippen LogP contribution in [0.15, 0.2) is 24.3 Å². The molecule has 0 aliphatic heterocycles. The second-order valence-corrected chi connectivity index (χ2v) is 5.73. The maximum Gasteiger partial charge on any atom is 0.237 e. The van der Waals surface area contributed by atoms with E-state index in [2.05, 4.69) is 19.2 Å². The average molecular weight is 283 g/mol. The SMILES string of the molecule is CC(C)CNC(=O)C(C)N(C)Cc1ccccc1Cl. The zero-order chi connectivity index (χ0) is 14.4. The van der Waals surface area contributed by atoms with Crippen LogP contribution in [0.5, 0.6) is 0 Å². The fourth-order valence-electron chi connectivity index (χ4n) is 1.68. The Morgan fingerprint density at radius 2 is 1.95 bits per heavy atom. The van der Waals surface area contributed by atoms with Crippen LogP contribution in [0, 0.1) is 5.92 Å². The number of hydrogen-bond acceptors (Lipinski definition) is 2. The zero-order valence-electron chi connectivity index (χ0n) is 12.1. The first-order valence-electron chi connectivity index (χ1n) is 6.63. The summed E-state index contributed by atoms with van der Waals surface area (Å²) in [7, 11) is 1.93. The van der Waals surface area contributed by atoms with Crippen molar-refractivity contribution in [1.29, 1.82) is 0 Å². The number of amides is 1. The third-order valence-electron chi connectivity index (χ3n) is 3.10. The Balaban J connectivity index is 2.55. The first-order valence-corrected chi connectivity index (χ1v) is 7.01. The Morgan fingerprint density at radius 1 is 1.32 bits per heavy atom. The lowest BCUT2D eigenvalue weighted by Crippen LogP contribution is -2.43. The van der Waals surface area contributed by atoms with Gasteiger partial charge in [-0.3, -0.25) is 9.69 Å². The number of rotatable bonds is 6. The quantitative estimate of drug-likeness (QED) is 0.870. The molecule has 0 radical (unpaired) electrons. The Kier molecular flexibility index (Phi) is 6.32. The number of halogens is 1. The molecule has 0 spiro atoms. The minimum Gasteiger partial charge on any atom is -0.354 e. The summed E-state index contributed by atoms with van der Waals surface area (Å²) in [5.41, 5.74) is 1.04. The van der Waals surface area contributed by atoms with Gasteiger partial charge in [0.25, 0.3) is 0 Å². The predicted molar refractivity (Wildman–Crippen MR) is 80.2 cm³/mol. The van der Waals surface area contributed by atoms with Gasteiger partial charge in [-0.05, 0) is 31.5 Å². The number of benzene rings is 1. The Labute approximate surface area is 120 Å². The van der Waals surface area contributed by atoms with Crippen molar-refractivity contribution in [3.05, 3.63) is 34.9 Å². The molecule has 1 aromatic rings. The van der Waals surface area contributed by atoms with Crippen LogP contribution in [0.1, 0.15) is 26.3 Å². The van der Waals surface area contributed by atoms with Crippen molar-refractivity contribution in [3.63, 3.8) is 0 Å². The molecule has 1 aromatic carbocycles. The van der Waals surface area contributed by atoms with Crippen molar-refractivity contribution in [2.24, 2.45) is 5.92 Å². The number of nitrogens with zero attached hydrogens (tertiary/aromatic N) is 1. The van der Waals surface area contributed by atoms with Gasteiger partial charge in [-0.25, -0.2) is 0 Å². The number of likely N-dealkylation sites (N-methyl/N-ethyl adjacent to an activating group) is 1. The van der Waals surface area contributed by atoms with Crippen LogP contribution < -0.4 is 5.32 Å². The molecule has 0 aromatic heterocycles. The van der Waals surface area contributed by atoms with Gasteiger partial charge in [-0.15, -0.1) is 0 Å². The highest BCUT2D eigenvalue weighted by atomic mass is 35.5. The number of nitrogens with one attached hydrogen (secondary N) is 1. The van der Waals surface area contributed by atoms with E-state index in [0.717, 1.165) is 10.6 Å². The van der Waals surface area contributed by atoms with Gasteiger partial charge in [0.1, 0.15) is 0 Å². The second-order valence-electron chi connectivity index (χ2n) is 5.32. The van der Waals surface area contributed by atoms with Crippen LogP contribution in [0.3, 0.4) is 0 Å². The molecule has 3 nitrogen and oxygen atoms in total. The molecule has 0 aliphatic carbocycles. The fraction of sp³-hybridized carbons (Fsp3) is 0.533. The van der Waals surface area contributed by atoms with Crippen LogP contribution in [0.2, 0.25) is 5.02 Å². The highest BCUT2D eigenvalue weighted by Crippen LogP contribution is 2.17. The van der Waals surface area contributed by atoms with Crippen molar-refractivity contribution >= 4 is 17.5 Å². The summed E-state index contributed by atoms with van der Waals surface area (Å²) in [6.07, 6.45) is 0. The zero-order valence-corrected chi connectivity index (χ0v) is 12.9. The molecule has 0 heterocycles. The van der Waals surface area contributed by atoms with Crippen molar-refractivity contribution in [3.8, 4) is 0 Å². The monoisotopic (exact) mass is 282 g/mol. The molecule has 1 rings (SSSR count). The third-order valence-corrected chi connectivity index (χ3v) is 3.47. The predicted octanol–water partition coefficient (Wildman–Crippen LogP) is 2.93. The molecule has 0 aliphatic rings. The van der Waals surface area contributed by atoms with Crippen molar-refractivity contribution in [2.45, 2.75) is 33.4 Å². The van der Waals surface area contributed by atoms with Gasteiger partial charge >= 0.3 is 0 Å². The molecule has 1 unspecified atom stereocenters. The Morgan fingerprint density at radius 3 is 2.53 bits per heavy atom. The Bertz CT molecular complexity index is 420. The first kappa shape index (κ1) is 16.0. The lowest BCUT2D eigenvalue weighted by molar-refractivity contribution is -0.125. The standard InChI is InChI=1S/C15H23ClN2O/c1-11(2)9-17-15(19)12(3)18(4)10-13-7-5-6-8-14(13)16/h5-8,11-12H,9-10H2,1-4H3,(H,17,19). The van der Waals surface area contributed by atoms with Crippen molar-refractivity contribution < 1.29 is 4.79 Å². The van der Waals surface area contributed by atoms with Gasteiger partial charge in [-0.2, -0.15) is 0 Å². The number of carbonyl (C=O) groups is 1. The number of hydrogen-bond donors (Lipinski definition) is 1. The van der Waals surface area contributed by atoms with Crippen LogP contribution in [0.25, 0.3) is 0 Å². The molecule has 0 bridgehead atoms. The van der Waals surface area contributed by atoms with Crippen LogP contribution in [-0.4, -0.2) is 30.4 Å². The molecule has 1 amide bonds. The highest BCUT2D eigenvalue weighted by Gasteiger charge is 2.18. The van der Waals surface area contributed by atoms with E-state index in [4.69, 9.17) is 11.6 Å². The lowest BCUT2D eigenvalue weighted by Gasteiger charge is -2.24. The smallest absolute Gasteiger partial charge is 0.237 e. The van der Waals surface area contributed by atoms with E-state index in [0.29, 0.717) is 19.0 Å². The van der Waals surface area contributed by atoms with Gasteiger partial charge in [0.15, 0.2) is 0 Å². The average Bonchev–Trinajstić information content (AvgIpc) is 2.37. The highest BCUT2D eigenvalue weighted by molar-refractivity contribution is 6.31. The van der Waals surface area contributed by atoms with Gasteiger partial charge in [-0.1, -0.05) is 43.6 Å². The summed E-state index contributed by atoms with van der Waals surface area (Å²) in [5.74, 6) is 0.522. The largest absolute Gasteiger partial charge is 0.354 e. The molecular weight excluding hydrogens is 260 g/mol. The Hall–Kier alpha value is -1.06. The second kappa shape index (κ2) is 7.51. The van der Waals surface area contributed by atoms with Gasteiger partial charge in [0, 0.05) is 18.1 Å². The van der Waals surface area contributed by atoms with E-state index >= 15 is 0 Å². The molecule has 19 heavy (non-hydrogen) atoms. The maximum absolute atomic E-state index is 12.0. The molecule has 1 N–H and O–H groups in total. The van der Waals surface area contributed by atoms with Crippen LogP contribution >= 0.6 is 11.6 Å². The summed E-state index contributed by atoms with van der Waals surface area (Å²) < 4.78 is 0. The maximum atomic E-state index is 12.0. The summed E-state index contributed by atoms with van der Waals surface area (Å²) in [6.45, 7) is 7.45. The normalized spacial score (nSPS) is 12.8. The van der Waals surface area contributed by atoms with E-state index in [1.165, 1.54) is 0 Å². The molecule has 0 fully saturated rings. The van der Waals surface area contributed by atoms with Crippen LogP contribution in [-0.2, 0) is 11.3 Å². The molecule has 0 saturated carbocycles. The lowest BCUT2D eigenvalue weighted by atomic mass is 10.1. The molecule has 106 valence electrons. The first-order chi connectivity index (χ1) is 8.91. The molecule has 4 heteroatoms. The summed E-state index contributed by atoms with van der Waals surface area (Å²) >= 11 is 6.13. The van der Waals surface area contributed by atoms with Gasteiger partial charge in [0.2, 0.25) is 5.91 Å². The van der Waals surface area contributed by atoms with Crippen molar-refractivity contribution in [1.82, 2.24) is 10.2 Å². The fourth-order valence-corrected chi connectivity index (χ4v) is 1.88. The summed E-state index contributed by atoms with van der Waals surface area (Å²) in [4.78, 5) is 14.0. The van der Waals surface area contributed by atoms with E-state index < -0.39 is 0 Å². The van der Waals surface area contributed by atoms with Gasteiger partial charge < -0.3 is 5.32 Å². The van der Waals surface area contributed by atoms with Crippen molar-refractivity contribution in [2.75, 3.05) is 13.6 Å². The third kappa shape index (κ3) is 5.21. The minimum atomic E-state index is -0.171. The van der Waals surface area contributed by atoms with Crippen LogP contribution in [0.4, 0.5) is 0 Å². The minimum absolute atomic E-state index is 0.0586. The topological polar surface area (TPSA) is 32.3 Å². The molecular formula is C15H23ClN2O.